The maximum absolute atomic E-state index is 6.51. The molecule has 13 heteroatoms. The smallest absolute Gasteiger partial charge is 0.106 e. The number of para-hydroxylation sites is 4. The molecule has 0 spiro atoms. The first-order chi connectivity index (χ1) is 35.5. The molecule has 4 aliphatic heterocycles. The van der Waals surface area contributed by atoms with Gasteiger partial charge in [0.2, 0.25) is 0 Å². The molecule has 4 unspecified atom stereocenters. The fraction of sp³-hybridized carbons (Fsp3) is 0.267. The van der Waals surface area contributed by atoms with Crippen molar-refractivity contribution in [3.05, 3.63) is 203 Å². The molecule has 0 saturated carbocycles. The van der Waals surface area contributed by atoms with Crippen LogP contribution in [0.25, 0.3) is 0 Å². The second-order valence-electron chi connectivity index (χ2n) is 18.2. The van der Waals surface area contributed by atoms with Crippen molar-refractivity contribution in [2.24, 2.45) is 20.0 Å². The minimum atomic E-state index is 0.0184. The van der Waals surface area contributed by atoms with Gasteiger partial charge in [-0.3, -0.25) is 20.0 Å². The minimum absolute atomic E-state index is 0.0184. The minimum Gasteiger partial charge on any atom is -0.346 e. The Hall–Kier alpha value is -6.15. The number of fused-ring (bicyclic) bond motifs is 4. The van der Waals surface area contributed by atoms with Crippen LogP contribution in [0.4, 0.5) is 22.7 Å². The Labute approximate surface area is 452 Å². The topological polar surface area (TPSA) is 97.6 Å². The molecule has 374 valence electrons. The van der Waals surface area contributed by atoms with Crippen LogP contribution in [0.1, 0.15) is 134 Å². The van der Waals surface area contributed by atoms with Gasteiger partial charge in [-0.05, 0) is 119 Å². The first-order valence-corrected chi connectivity index (χ1v) is 28.6. The first kappa shape index (κ1) is 51.7. The van der Waals surface area contributed by atoms with Crippen LogP contribution in [0.3, 0.4) is 0 Å². The molecule has 73 heavy (non-hydrogen) atoms. The Morgan fingerprint density at radius 2 is 0.849 bits per heavy atom. The summed E-state index contributed by atoms with van der Waals surface area (Å²) in [5.41, 5.74) is 16.3. The van der Waals surface area contributed by atoms with Gasteiger partial charge in [-0.1, -0.05) is 105 Å². The average Bonchev–Trinajstić information content (AvgIpc) is 4.16. The first-order valence-electron chi connectivity index (χ1n) is 25.0. The van der Waals surface area contributed by atoms with Crippen LogP contribution in [0.5, 0.6) is 0 Å². The quantitative estimate of drug-likeness (QED) is 0.128. The molecular formula is C60H63ClN8S4. The zero-order valence-corrected chi connectivity index (χ0v) is 47.0. The van der Waals surface area contributed by atoms with Crippen LogP contribution in [-0.2, 0) is 19.3 Å². The highest BCUT2D eigenvalue weighted by Gasteiger charge is 2.28. The van der Waals surface area contributed by atoms with Crippen LogP contribution >= 0.6 is 56.9 Å². The number of halogens is 1. The standard InChI is InChI=1S/C16H18N2S.C15H15ClN2S.C15H16N2S.C14H14N2S/c1-3-11-9-13(15(4-2)19-11)16-12-7-5-6-8-14(12)17-10-18-16;1-3-12-13(14(16)9(2)19-12)15-10-6-4-5-7-11(10)17-8-18-15;1-9-10(2)18-11(3)14(9)15-12-6-4-5-7-13(12)16-8-17-15;1-9-7-12(10(2)17-9)14-11-5-3-4-6-13(11)15-8-16-14/h5-10,16H,3-4H2,1-2H3,(H,17,18);4-8,15H,3H2,1-2H3,(H,17,18);4-8,15H,1-3H3,(H,16,17);3-8,14H,1-2H3,(H,15,16). The van der Waals surface area contributed by atoms with Gasteiger partial charge in [-0.2, -0.15) is 0 Å². The van der Waals surface area contributed by atoms with Gasteiger partial charge in [-0.15, -0.1) is 45.3 Å². The van der Waals surface area contributed by atoms with Crippen molar-refractivity contribution in [1.29, 1.82) is 0 Å². The van der Waals surface area contributed by atoms with Crippen LogP contribution in [0.15, 0.2) is 129 Å². The van der Waals surface area contributed by atoms with E-state index >= 15 is 0 Å². The van der Waals surface area contributed by atoms with Gasteiger partial charge in [0.25, 0.3) is 0 Å². The fourth-order valence-electron chi connectivity index (χ4n) is 9.92. The summed E-state index contributed by atoms with van der Waals surface area (Å²) in [4.78, 5) is 29.4. The van der Waals surface area contributed by atoms with Crippen molar-refractivity contribution >= 4 is 105 Å². The third-order valence-electron chi connectivity index (χ3n) is 13.6. The summed E-state index contributed by atoms with van der Waals surface area (Å²) in [5.74, 6) is 0. The lowest BCUT2D eigenvalue weighted by Gasteiger charge is -2.22. The maximum Gasteiger partial charge on any atom is 0.106 e. The largest absolute Gasteiger partial charge is 0.346 e. The van der Waals surface area contributed by atoms with E-state index in [0.717, 1.165) is 35.7 Å². The number of aliphatic imine (C=N–C) groups is 4. The number of thiophene rings is 4. The summed E-state index contributed by atoms with van der Waals surface area (Å²) in [6.45, 7) is 19.6. The molecule has 8 aromatic rings. The van der Waals surface area contributed by atoms with E-state index in [1.165, 1.54) is 100 Å². The van der Waals surface area contributed by atoms with E-state index in [9.17, 15) is 0 Å². The second-order valence-corrected chi connectivity index (χ2v) is 24.0. The van der Waals surface area contributed by atoms with E-state index in [4.69, 9.17) is 11.6 Å². The zero-order chi connectivity index (χ0) is 51.2. The highest BCUT2D eigenvalue weighted by molar-refractivity contribution is 7.13. The Morgan fingerprint density at radius 1 is 0.411 bits per heavy atom. The van der Waals surface area contributed by atoms with Crippen molar-refractivity contribution in [3.63, 3.8) is 0 Å². The number of rotatable bonds is 7. The predicted octanol–water partition coefficient (Wildman–Crippen LogP) is 17.4. The van der Waals surface area contributed by atoms with E-state index in [1.54, 1.807) is 24.0 Å². The highest BCUT2D eigenvalue weighted by atomic mass is 35.5. The molecule has 8 heterocycles. The Kier molecular flexibility index (Phi) is 16.6. The van der Waals surface area contributed by atoms with Crippen molar-refractivity contribution in [2.45, 2.75) is 106 Å². The lowest BCUT2D eigenvalue weighted by molar-refractivity contribution is 0.858. The van der Waals surface area contributed by atoms with Crippen LogP contribution < -0.4 is 21.3 Å². The monoisotopic (exact) mass is 1060 g/mol. The third kappa shape index (κ3) is 11.1. The summed E-state index contributed by atoms with van der Waals surface area (Å²) in [5, 5.41) is 13.7. The molecule has 4 aliphatic rings. The van der Waals surface area contributed by atoms with Crippen molar-refractivity contribution in [1.82, 2.24) is 0 Å². The molecule has 4 aromatic carbocycles. The van der Waals surface area contributed by atoms with Gasteiger partial charge in [-0.25, -0.2) is 0 Å². The predicted molar refractivity (Wildman–Crippen MR) is 320 cm³/mol. The SMILES string of the molecule is CCc1cc(C2N=CNc3ccccc32)c(CC)s1.CCc1sc(C)c(Cl)c1C1N=CNc2ccccc21.Cc1cc(C2N=CNc3ccccc32)c(C)s1.Cc1sc(C)c(C2N=CNc3ccccc32)c1C. The maximum atomic E-state index is 6.51. The molecule has 0 fully saturated rings. The molecule has 4 N–H and O–H groups in total. The van der Waals surface area contributed by atoms with E-state index in [-0.39, 0.29) is 24.2 Å². The average molecular weight is 1060 g/mol. The van der Waals surface area contributed by atoms with Gasteiger partial charge in [0.15, 0.2) is 0 Å². The number of hydrogen-bond donors (Lipinski definition) is 4. The molecule has 12 rings (SSSR count). The molecule has 8 nitrogen and oxygen atoms in total. The van der Waals surface area contributed by atoms with Gasteiger partial charge >= 0.3 is 0 Å². The van der Waals surface area contributed by atoms with E-state index < -0.39 is 0 Å². The fourth-order valence-corrected chi connectivity index (χ4v) is 14.5. The van der Waals surface area contributed by atoms with Crippen LogP contribution in [0.2, 0.25) is 5.02 Å². The molecule has 0 amide bonds. The van der Waals surface area contributed by atoms with E-state index in [2.05, 4.69) is 195 Å². The summed E-state index contributed by atoms with van der Waals surface area (Å²) in [6, 6.07) is 38.6. The normalized spacial score (nSPS) is 17.3. The molecule has 4 atom stereocenters. The molecule has 0 aliphatic carbocycles. The van der Waals surface area contributed by atoms with Crippen molar-refractivity contribution in [2.75, 3.05) is 21.3 Å². The lowest BCUT2D eigenvalue weighted by atomic mass is 9.94. The van der Waals surface area contributed by atoms with Crippen molar-refractivity contribution < 1.29 is 0 Å². The van der Waals surface area contributed by atoms with E-state index in [1.807, 2.05) is 64.9 Å². The number of aryl methyl sites for hydroxylation is 8. The molecule has 0 radical (unpaired) electrons. The molecule has 0 bridgehead atoms. The number of nitrogens with one attached hydrogen (secondary N) is 4. The van der Waals surface area contributed by atoms with Gasteiger partial charge in [0.05, 0.1) is 30.4 Å². The number of anilines is 4. The second kappa shape index (κ2) is 23.4. The summed E-state index contributed by atoms with van der Waals surface area (Å²) >= 11 is 13.9. The van der Waals surface area contributed by atoms with Gasteiger partial charge < -0.3 is 21.3 Å². The summed E-state index contributed by atoms with van der Waals surface area (Å²) in [7, 11) is 0. The van der Waals surface area contributed by atoms with Crippen molar-refractivity contribution in [3.8, 4) is 0 Å². The summed E-state index contributed by atoms with van der Waals surface area (Å²) in [6.07, 6.45) is 10.4. The van der Waals surface area contributed by atoms with Gasteiger partial charge in [0.1, 0.15) is 24.2 Å². The van der Waals surface area contributed by atoms with Crippen LogP contribution in [0, 0.1) is 41.5 Å². The van der Waals surface area contributed by atoms with E-state index in [0.29, 0.717) is 0 Å². The third-order valence-corrected chi connectivity index (χ3v) is 19.1. The Balaban J connectivity index is 0.000000120. The van der Waals surface area contributed by atoms with Crippen LogP contribution in [-0.4, -0.2) is 25.4 Å². The zero-order valence-electron chi connectivity index (χ0n) is 42.9. The number of nitrogens with zero attached hydrogens (tertiary/aromatic N) is 4. The number of benzene rings is 4. The summed E-state index contributed by atoms with van der Waals surface area (Å²) < 4.78 is 0. The lowest BCUT2D eigenvalue weighted by Crippen LogP contribution is -2.12. The number of hydrogen-bond acceptors (Lipinski definition) is 12. The Bertz CT molecular complexity index is 3350. The Morgan fingerprint density at radius 3 is 1.27 bits per heavy atom. The van der Waals surface area contributed by atoms with Gasteiger partial charge in [0, 0.05) is 89.6 Å². The highest BCUT2D eigenvalue weighted by Crippen LogP contribution is 2.45. The molecular weight excluding hydrogens is 996 g/mol. The molecule has 4 aromatic heterocycles. The molecule has 0 saturated heterocycles.